The molecule has 0 spiro atoms. The van der Waals surface area contributed by atoms with Crippen molar-refractivity contribution < 1.29 is 0 Å². The lowest BCUT2D eigenvalue weighted by Gasteiger charge is -2.32. The van der Waals surface area contributed by atoms with Crippen LogP contribution < -0.4 is 0 Å². The van der Waals surface area contributed by atoms with Crippen molar-refractivity contribution in [2.45, 2.75) is 87.5 Å². The van der Waals surface area contributed by atoms with E-state index in [0.29, 0.717) is 5.41 Å². The summed E-state index contributed by atoms with van der Waals surface area (Å²) < 4.78 is 0. The molecule has 0 bridgehead atoms. The minimum absolute atomic E-state index is 0.503. The summed E-state index contributed by atoms with van der Waals surface area (Å²) in [4.78, 5) is 0. The zero-order chi connectivity index (χ0) is 14.3. The van der Waals surface area contributed by atoms with Crippen molar-refractivity contribution >= 4 is 0 Å². The average molecular weight is 255 g/mol. The Morgan fingerprint density at radius 2 is 1.33 bits per heavy atom. The third-order valence-corrected chi connectivity index (χ3v) is 5.64. The number of rotatable bonds is 9. The minimum atomic E-state index is 0.503. The molecule has 2 unspecified atom stereocenters. The third kappa shape index (κ3) is 6.25. The molecule has 2 atom stereocenters. The maximum absolute atomic E-state index is 2.46. The fraction of sp³-hybridized carbons (Fsp3) is 1.00. The lowest BCUT2D eigenvalue weighted by atomic mass is 9.74. The standard InChI is InChI=1S/C18H38/c1-9-17(10-2)13-16(6)15(5)11-12-18(7,8)14(3)4/h14-17H,9-13H2,1-8H3. The molecule has 0 aliphatic heterocycles. The molecule has 110 valence electrons. The van der Waals surface area contributed by atoms with Gasteiger partial charge in [0.1, 0.15) is 0 Å². The number of hydrogen-bond donors (Lipinski definition) is 0. The maximum Gasteiger partial charge on any atom is -0.0331 e. The van der Waals surface area contributed by atoms with Gasteiger partial charge >= 0.3 is 0 Å². The van der Waals surface area contributed by atoms with E-state index in [9.17, 15) is 0 Å². The fourth-order valence-electron chi connectivity index (χ4n) is 2.55. The first-order valence-corrected chi connectivity index (χ1v) is 8.24. The molecule has 0 nitrogen and oxygen atoms in total. The highest BCUT2D eigenvalue weighted by Crippen LogP contribution is 2.35. The molecule has 0 aromatic carbocycles. The maximum atomic E-state index is 2.46. The van der Waals surface area contributed by atoms with Gasteiger partial charge < -0.3 is 0 Å². The van der Waals surface area contributed by atoms with E-state index in [2.05, 4.69) is 55.4 Å². The lowest BCUT2D eigenvalue weighted by molar-refractivity contribution is 0.188. The van der Waals surface area contributed by atoms with E-state index in [0.717, 1.165) is 23.7 Å². The summed E-state index contributed by atoms with van der Waals surface area (Å²) >= 11 is 0. The fourth-order valence-corrected chi connectivity index (χ4v) is 2.55. The largest absolute Gasteiger partial charge is 0.0651 e. The molecule has 0 saturated heterocycles. The molecule has 0 amide bonds. The van der Waals surface area contributed by atoms with Gasteiger partial charge in [-0.15, -0.1) is 0 Å². The molecule has 18 heavy (non-hydrogen) atoms. The highest BCUT2D eigenvalue weighted by Gasteiger charge is 2.24. The molecular weight excluding hydrogens is 216 g/mol. The van der Waals surface area contributed by atoms with Crippen LogP contribution in [0.4, 0.5) is 0 Å². The SMILES string of the molecule is CCC(CC)CC(C)C(C)CCC(C)(C)C(C)C. The predicted molar refractivity (Wildman–Crippen MR) is 84.9 cm³/mol. The van der Waals surface area contributed by atoms with Gasteiger partial charge in [-0.3, -0.25) is 0 Å². The third-order valence-electron chi connectivity index (χ3n) is 5.64. The summed E-state index contributed by atoms with van der Waals surface area (Å²) in [6.45, 7) is 19.2. The van der Waals surface area contributed by atoms with Crippen LogP contribution in [0.2, 0.25) is 0 Å². The second kappa shape index (κ2) is 8.23. The van der Waals surface area contributed by atoms with Crippen LogP contribution in [-0.4, -0.2) is 0 Å². The zero-order valence-corrected chi connectivity index (χ0v) is 14.3. The Balaban J connectivity index is 4.12. The van der Waals surface area contributed by atoms with Crippen LogP contribution in [0.1, 0.15) is 87.5 Å². The monoisotopic (exact) mass is 254 g/mol. The number of hydrogen-bond acceptors (Lipinski definition) is 0. The first-order valence-electron chi connectivity index (χ1n) is 8.24. The van der Waals surface area contributed by atoms with Crippen LogP contribution in [0.3, 0.4) is 0 Å². The van der Waals surface area contributed by atoms with Gasteiger partial charge in [-0.05, 0) is 48.3 Å². The molecule has 0 rings (SSSR count). The molecule has 0 aliphatic carbocycles. The Bertz CT molecular complexity index is 198. The van der Waals surface area contributed by atoms with Crippen LogP contribution in [-0.2, 0) is 0 Å². The van der Waals surface area contributed by atoms with Crippen molar-refractivity contribution in [1.82, 2.24) is 0 Å². The van der Waals surface area contributed by atoms with Crippen LogP contribution in [0, 0.1) is 29.1 Å². The van der Waals surface area contributed by atoms with Crippen LogP contribution in [0.25, 0.3) is 0 Å². The Hall–Kier alpha value is 0. The molecule has 0 aliphatic rings. The Morgan fingerprint density at radius 3 is 1.72 bits per heavy atom. The first-order chi connectivity index (χ1) is 8.24. The highest BCUT2D eigenvalue weighted by molar-refractivity contribution is 4.75. The van der Waals surface area contributed by atoms with E-state index in [-0.39, 0.29) is 0 Å². The van der Waals surface area contributed by atoms with Crippen LogP contribution in [0.5, 0.6) is 0 Å². The first kappa shape index (κ1) is 18.0. The topological polar surface area (TPSA) is 0 Å². The van der Waals surface area contributed by atoms with Gasteiger partial charge in [0.05, 0.1) is 0 Å². The van der Waals surface area contributed by atoms with E-state index < -0.39 is 0 Å². The second-order valence-electron chi connectivity index (χ2n) is 7.55. The smallest absolute Gasteiger partial charge is 0.0331 e. The predicted octanol–water partition coefficient (Wildman–Crippen LogP) is 6.55. The summed E-state index contributed by atoms with van der Waals surface area (Å²) in [5.74, 6) is 3.50. The molecular formula is C18H38. The Labute approximate surface area is 117 Å². The molecule has 0 N–H and O–H groups in total. The Morgan fingerprint density at radius 1 is 0.833 bits per heavy atom. The normalized spacial score (nSPS) is 16.3. The summed E-state index contributed by atoms with van der Waals surface area (Å²) in [7, 11) is 0. The summed E-state index contributed by atoms with van der Waals surface area (Å²) in [5.41, 5.74) is 0.503. The molecule has 0 heterocycles. The van der Waals surface area contributed by atoms with Crippen LogP contribution >= 0.6 is 0 Å². The molecule has 0 aromatic heterocycles. The molecule has 0 aromatic rings. The summed E-state index contributed by atoms with van der Waals surface area (Å²) in [6, 6.07) is 0. The van der Waals surface area contributed by atoms with Gasteiger partial charge in [-0.2, -0.15) is 0 Å². The van der Waals surface area contributed by atoms with E-state index in [1.807, 2.05) is 0 Å². The highest BCUT2D eigenvalue weighted by atomic mass is 14.3. The molecule has 0 fully saturated rings. The summed E-state index contributed by atoms with van der Waals surface area (Å²) in [6.07, 6.45) is 6.90. The Kier molecular flexibility index (Phi) is 8.23. The van der Waals surface area contributed by atoms with Gasteiger partial charge in [0, 0.05) is 0 Å². The van der Waals surface area contributed by atoms with Crippen molar-refractivity contribution in [2.75, 3.05) is 0 Å². The van der Waals surface area contributed by atoms with Gasteiger partial charge in [-0.1, -0.05) is 68.2 Å². The molecule has 0 heteroatoms. The van der Waals surface area contributed by atoms with E-state index >= 15 is 0 Å². The quantitative estimate of drug-likeness (QED) is 0.438. The minimum Gasteiger partial charge on any atom is -0.0651 e. The van der Waals surface area contributed by atoms with E-state index in [1.165, 1.54) is 32.1 Å². The van der Waals surface area contributed by atoms with E-state index in [1.54, 1.807) is 0 Å². The van der Waals surface area contributed by atoms with Gasteiger partial charge in [0.2, 0.25) is 0 Å². The van der Waals surface area contributed by atoms with Gasteiger partial charge in [-0.25, -0.2) is 0 Å². The van der Waals surface area contributed by atoms with Gasteiger partial charge in [0.25, 0.3) is 0 Å². The average Bonchev–Trinajstić information content (AvgIpc) is 2.32. The van der Waals surface area contributed by atoms with Gasteiger partial charge in [0.15, 0.2) is 0 Å². The van der Waals surface area contributed by atoms with Crippen molar-refractivity contribution in [3.63, 3.8) is 0 Å². The van der Waals surface area contributed by atoms with Crippen molar-refractivity contribution in [1.29, 1.82) is 0 Å². The molecule has 0 radical (unpaired) electrons. The second-order valence-corrected chi connectivity index (χ2v) is 7.55. The lowest BCUT2D eigenvalue weighted by Crippen LogP contribution is -2.21. The zero-order valence-electron chi connectivity index (χ0n) is 14.3. The molecule has 0 saturated carbocycles. The van der Waals surface area contributed by atoms with Crippen LogP contribution in [0.15, 0.2) is 0 Å². The van der Waals surface area contributed by atoms with Crippen molar-refractivity contribution in [2.24, 2.45) is 29.1 Å². The van der Waals surface area contributed by atoms with Crippen molar-refractivity contribution in [3.8, 4) is 0 Å². The summed E-state index contributed by atoms with van der Waals surface area (Å²) in [5, 5.41) is 0. The van der Waals surface area contributed by atoms with E-state index in [4.69, 9.17) is 0 Å². The van der Waals surface area contributed by atoms with Crippen molar-refractivity contribution in [3.05, 3.63) is 0 Å².